The first kappa shape index (κ1) is 23.0. The number of fused-ring (bicyclic) bond motifs is 3. The van der Waals surface area contributed by atoms with E-state index >= 15 is 0 Å². The molecule has 3 N–H and O–H groups in total. The molecule has 1 atom stereocenters. The van der Waals surface area contributed by atoms with Crippen molar-refractivity contribution in [1.82, 2.24) is 0 Å². The third-order valence-corrected chi connectivity index (χ3v) is 6.45. The molecule has 0 fully saturated rings. The summed E-state index contributed by atoms with van der Waals surface area (Å²) >= 11 is 0. The second-order valence-electron chi connectivity index (χ2n) is 8.42. The summed E-state index contributed by atoms with van der Waals surface area (Å²) in [6.45, 7) is 0. The molecular formula is C28H23N4O4+. The Morgan fingerprint density at radius 1 is 1.00 bits per heavy atom. The van der Waals surface area contributed by atoms with E-state index in [0.29, 0.717) is 39.8 Å². The van der Waals surface area contributed by atoms with Crippen molar-refractivity contribution in [3.8, 4) is 17.6 Å². The molecule has 1 unspecified atom stereocenters. The molecule has 3 aromatic carbocycles. The monoisotopic (exact) mass is 479 g/mol. The highest BCUT2D eigenvalue weighted by atomic mass is 16.5. The highest BCUT2D eigenvalue weighted by Crippen LogP contribution is 2.47. The van der Waals surface area contributed by atoms with Gasteiger partial charge in [-0.2, -0.15) is 9.84 Å². The number of Topliss-reactive ketones (excluding diaryl/α,β-unsaturated/α-hetero) is 1. The van der Waals surface area contributed by atoms with Gasteiger partial charge in [-0.25, -0.2) is 0 Å². The number of nitriles is 1. The van der Waals surface area contributed by atoms with Crippen LogP contribution in [0, 0.1) is 11.3 Å². The van der Waals surface area contributed by atoms with Crippen LogP contribution < -0.4 is 15.2 Å². The van der Waals surface area contributed by atoms with E-state index in [1.165, 1.54) is 0 Å². The van der Waals surface area contributed by atoms with Crippen LogP contribution in [0.4, 0.5) is 11.4 Å². The van der Waals surface area contributed by atoms with Crippen molar-refractivity contribution < 1.29 is 24.0 Å². The number of ketones is 1. The molecule has 36 heavy (non-hydrogen) atoms. The predicted octanol–water partition coefficient (Wildman–Crippen LogP) is 3.74. The maximum atomic E-state index is 13.4. The van der Waals surface area contributed by atoms with Gasteiger partial charge in [-0.05, 0) is 54.1 Å². The molecule has 0 aromatic heterocycles. The standard InChI is InChI=1S/C28H22N4O4/c1-35-19-11-7-17(8-12-19)31-24-15-28(34)23-6-4-3-5-21(23)26(33)25(28)22(16-29)27(30)32(24)18-9-13-20(36-2)14-10-18/h3-14,30,34H,15H2,1-2H3/p+1. The molecule has 1 heterocycles. The summed E-state index contributed by atoms with van der Waals surface area (Å²) in [4.78, 5) is 18.3. The molecular weight excluding hydrogens is 456 g/mol. The number of aliphatic hydroxyl groups is 1. The van der Waals surface area contributed by atoms with Crippen LogP contribution in [0.3, 0.4) is 0 Å². The Morgan fingerprint density at radius 3 is 2.22 bits per heavy atom. The Hall–Kier alpha value is -4.74. The Labute approximate surface area is 207 Å². The zero-order valence-corrected chi connectivity index (χ0v) is 19.7. The van der Waals surface area contributed by atoms with Crippen LogP contribution in [0.5, 0.6) is 11.5 Å². The van der Waals surface area contributed by atoms with Crippen molar-refractivity contribution in [1.29, 1.82) is 5.26 Å². The lowest BCUT2D eigenvalue weighted by molar-refractivity contribution is -0.311. The van der Waals surface area contributed by atoms with Gasteiger partial charge in [0, 0.05) is 5.56 Å². The van der Waals surface area contributed by atoms with E-state index in [4.69, 9.17) is 20.2 Å². The number of nitrogens with two attached hydrogens (primary N) is 1. The van der Waals surface area contributed by atoms with Gasteiger partial charge < -0.3 is 20.3 Å². The molecule has 0 bridgehead atoms. The molecule has 2 aliphatic rings. The Kier molecular flexibility index (Phi) is 5.63. The molecule has 1 aliphatic carbocycles. The Morgan fingerprint density at radius 2 is 1.61 bits per heavy atom. The number of benzene rings is 3. The summed E-state index contributed by atoms with van der Waals surface area (Å²) in [5.74, 6) is 1.24. The van der Waals surface area contributed by atoms with Crippen molar-refractivity contribution in [2.24, 2.45) is 10.7 Å². The summed E-state index contributed by atoms with van der Waals surface area (Å²) in [6.07, 6.45) is -0.0883. The third kappa shape index (κ3) is 3.54. The fourth-order valence-electron chi connectivity index (χ4n) is 4.72. The molecule has 0 spiro atoms. The second-order valence-corrected chi connectivity index (χ2v) is 8.42. The van der Waals surface area contributed by atoms with Crippen molar-refractivity contribution in [2.75, 3.05) is 14.2 Å². The van der Waals surface area contributed by atoms with Crippen LogP contribution in [-0.4, -0.2) is 41.4 Å². The zero-order valence-electron chi connectivity index (χ0n) is 19.7. The van der Waals surface area contributed by atoms with Crippen LogP contribution in [-0.2, 0) is 5.60 Å². The SMILES string of the molecule is COc1ccc(N=C2CC3(O)C(=C(C#N)C(N)=[N+]2c2ccc(OC)cc2)C(=O)c2ccccc23)cc1. The van der Waals surface area contributed by atoms with Crippen LogP contribution in [0.25, 0.3) is 0 Å². The lowest BCUT2D eigenvalue weighted by Gasteiger charge is -2.23. The van der Waals surface area contributed by atoms with E-state index < -0.39 is 11.4 Å². The van der Waals surface area contributed by atoms with Crippen molar-refractivity contribution in [3.05, 3.63) is 95.1 Å². The number of carbonyl (C=O) groups is 1. The van der Waals surface area contributed by atoms with Crippen LogP contribution in [0.1, 0.15) is 22.3 Å². The second kappa shape index (κ2) is 8.80. The van der Waals surface area contributed by atoms with E-state index in [0.717, 1.165) is 0 Å². The topological polar surface area (TPSA) is 121 Å². The van der Waals surface area contributed by atoms with Gasteiger partial charge in [0.2, 0.25) is 11.7 Å². The average Bonchev–Trinajstić information content (AvgIpc) is 3.06. The highest BCUT2D eigenvalue weighted by Gasteiger charge is 2.53. The third-order valence-electron chi connectivity index (χ3n) is 6.45. The molecule has 0 saturated heterocycles. The fourth-order valence-corrected chi connectivity index (χ4v) is 4.72. The summed E-state index contributed by atoms with van der Waals surface area (Å²) in [7, 11) is 3.14. The Balaban J connectivity index is 1.80. The predicted molar refractivity (Wildman–Crippen MR) is 134 cm³/mol. The minimum absolute atomic E-state index is 0.00186. The van der Waals surface area contributed by atoms with E-state index in [2.05, 4.69) is 6.07 Å². The van der Waals surface area contributed by atoms with Gasteiger partial charge in [-0.1, -0.05) is 24.3 Å². The first-order chi connectivity index (χ1) is 17.4. The van der Waals surface area contributed by atoms with Gasteiger partial charge in [0.1, 0.15) is 40.1 Å². The highest BCUT2D eigenvalue weighted by molar-refractivity contribution is 6.21. The van der Waals surface area contributed by atoms with Gasteiger partial charge in [0.05, 0.1) is 26.2 Å². The number of hydrogen-bond acceptors (Lipinski definition) is 7. The van der Waals surface area contributed by atoms with E-state index in [9.17, 15) is 15.2 Å². The molecule has 0 saturated carbocycles. The molecule has 8 heteroatoms. The lowest BCUT2D eigenvalue weighted by atomic mass is 9.86. The van der Waals surface area contributed by atoms with Gasteiger partial charge in [-0.15, -0.1) is 4.99 Å². The molecule has 3 aromatic rings. The number of nitrogens with zero attached hydrogens (tertiary/aromatic N) is 3. The number of aliphatic imine (C=N–C) groups is 1. The summed E-state index contributed by atoms with van der Waals surface area (Å²) in [5.41, 5.74) is 6.64. The first-order valence-corrected chi connectivity index (χ1v) is 11.2. The minimum Gasteiger partial charge on any atom is -0.497 e. The molecule has 5 rings (SSSR count). The van der Waals surface area contributed by atoms with Gasteiger partial charge in [0.15, 0.2) is 5.78 Å². The quantitative estimate of drug-likeness (QED) is 0.550. The number of amidine groups is 2. The molecule has 1 aliphatic heterocycles. The van der Waals surface area contributed by atoms with Crippen LogP contribution >= 0.6 is 0 Å². The largest absolute Gasteiger partial charge is 0.497 e. The number of ether oxygens (including phenoxy) is 2. The van der Waals surface area contributed by atoms with E-state index in [-0.39, 0.29) is 23.4 Å². The number of methoxy groups -OCH3 is 2. The zero-order chi connectivity index (χ0) is 25.4. The molecule has 8 nitrogen and oxygen atoms in total. The molecule has 0 radical (unpaired) electrons. The normalized spacial score (nSPS) is 20.1. The number of carbonyl (C=O) groups excluding carboxylic acids is 1. The maximum Gasteiger partial charge on any atom is 0.247 e. The average molecular weight is 480 g/mol. The summed E-state index contributed by atoms with van der Waals surface area (Å²) < 4.78 is 12.1. The smallest absolute Gasteiger partial charge is 0.247 e. The van der Waals surface area contributed by atoms with Gasteiger partial charge in [-0.3, -0.25) is 4.79 Å². The number of hydrogen-bond donors (Lipinski definition) is 2. The molecule has 0 amide bonds. The van der Waals surface area contributed by atoms with Crippen LogP contribution in [0.2, 0.25) is 0 Å². The molecule has 178 valence electrons. The first-order valence-electron chi connectivity index (χ1n) is 11.2. The van der Waals surface area contributed by atoms with Crippen molar-refractivity contribution >= 4 is 28.8 Å². The van der Waals surface area contributed by atoms with Crippen molar-refractivity contribution in [2.45, 2.75) is 12.0 Å². The van der Waals surface area contributed by atoms with Gasteiger partial charge >= 0.3 is 0 Å². The Bertz CT molecular complexity index is 1510. The van der Waals surface area contributed by atoms with E-state index in [1.807, 2.05) is 0 Å². The number of rotatable bonds is 4. The summed E-state index contributed by atoms with van der Waals surface area (Å²) in [5, 5.41) is 22.2. The van der Waals surface area contributed by atoms with Crippen LogP contribution in [0.15, 0.2) is 88.9 Å². The fraction of sp³-hybridized carbons (Fsp3) is 0.143. The summed E-state index contributed by atoms with van der Waals surface area (Å²) in [6, 6.07) is 23.0. The van der Waals surface area contributed by atoms with Crippen molar-refractivity contribution in [3.63, 3.8) is 0 Å². The lowest BCUT2D eigenvalue weighted by Crippen LogP contribution is -2.32. The van der Waals surface area contributed by atoms with Gasteiger partial charge in [0.25, 0.3) is 0 Å². The van der Waals surface area contributed by atoms with E-state index in [1.54, 1.807) is 91.6 Å². The maximum absolute atomic E-state index is 13.4. The minimum atomic E-state index is -1.78.